The minimum Gasteiger partial charge on any atom is -0.354 e. The minimum atomic E-state index is -1.38. The van der Waals surface area contributed by atoms with Crippen LogP contribution in [-0.4, -0.2) is 29.9 Å². The Morgan fingerprint density at radius 3 is 2.60 bits per heavy atom. The average molecular weight is 275 g/mol. The fourth-order valence-electron chi connectivity index (χ4n) is 2.56. The van der Waals surface area contributed by atoms with Gasteiger partial charge < -0.3 is 10.1 Å². The smallest absolute Gasteiger partial charge is 0.260 e. The number of ether oxygens (including phenoxy) is 1. The van der Waals surface area contributed by atoms with Gasteiger partial charge in [0.25, 0.3) is 5.91 Å². The molecule has 1 atom stereocenters. The van der Waals surface area contributed by atoms with Gasteiger partial charge in [0.1, 0.15) is 0 Å². The van der Waals surface area contributed by atoms with Crippen LogP contribution < -0.4 is 5.32 Å². The van der Waals surface area contributed by atoms with E-state index in [-0.39, 0.29) is 17.8 Å². The van der Waals surface area contributed by atoms with E-state index in [1.54, 1.807) is 24.3 Å². The number of ketones is 1. The van der Waals surface area contributed by atoms with Crippen LogP contribution in [-0.2, 0) is 9.53 Å². The minimum absolute atomic E-state index is 0.188. The van der Waals surface area contributed by atoms with Gasteiger partial charge in [-0.15, -0.1) is 0 Å². The zero-order valence-electron chi connectivity index (χ0n) is 12.0. The van der Waals surface area contributed by atoms with E-state index in [0.717, 1.165) is 12.8 Å². The van der Waals surface area contributed by atoms with Crippen molar-refractivity contribution >= 4 is 11.7 Å². The molecule has 20 heavy (non-hydrogen) atoms. The zero-order chi connectivity index (χ0) is 14.6. The highest BCUT2D eigenvalue weighted by molar-refractivity contribution is 6.17. The Balaban J connectivity index is 2.40. The summed E-state index contributed by atoms with van der Waals surface area (Å²) < 4.78 is 5.83. The molecular weight excluding hydrogens is 254 g/mol. The van der Waals surface area contributed by atoms with Gasteiger partial charge in [-0.2, -0.15) is 0 Å². The van der Waals surface area contributed by atoms with Gasteiger partial charge in [-0.25, -0.2) is 0 Å². The van der Waals surface area contributed by atoms with Crippen molar-refractivity contribution in [3.63, 3.8) is 0 Å². The molecule has 4 heteroatoms. The van der Waals surface area contributed by atoms with Gasteiger partial charge in [0.2, 0.25) is 11.4 Å². The van der Waals surface area contributed by atoms with Crippen LogP contribution >= 0.6 is 0 Å². The van der Waals surface area contributed by atoms with E-state index in [1.165, 1.54) is 0 Å². The summed E-state index contributed by atoms with van der Waals surface area (Å²) >= 11 is 0. The van der Waals surface area contributed by atoms with Crippen molar-refractivity contribution in [2.75, 3.05) is 6.54 Å². The second-order valence-electron chi connectivity index (χ2n) is 5.40. The molecule has 4 nitrogen and oxygen atoms in total. The third-order valence-corrected chi connectivity index (χ3v) is 3.45. The second-order valence-corrected chi connectivity index (χ2v) is 5.40. The quantitative estimate of drug-likeness (QED) is 0.678. The normalized spacial score (nSPS) is 23.2. The van der Waals surface area contributed by atoms with Crippen LogP contribution in [0.4, 0.5) is 0 Å². The Morgan fingerprint density at radius 1 is 1.25 bits per heavy atom. The Bertz CT molecular complexity index is 484. The van der Waals surface area contributed by atoms with E-state index in [1.807, 2.05) is 19.9 Å². The number of carbonyl (C=O) groups excluding carboxylic acids is 2. The van der Waals surface area contributed by atoms with Gasteiger partial charge in [0, 0.05) is 12.1 Å². The molecule has 1 aliphatic heterocycles. The zero-order valence-corrected chi connectivity index (χ0v) is 12.0. The van der Waals surface area contributed by atoms with Crippen molar-refractivity contribution < 1.29 is 14.3 Å². The Morgan fingerprint density at radius 2 is 1.95 bits per heavy atom. The molecule has 0 bridgehead atoms. The van der Waals surface area contributed by atoms with Crippen molar-refractivity contribution in [3.05, 3.63) is 35.9 Å². The number of Topliss-reactive ketones (excluding diaryl/α,β-unsaturated/α-hetero) is 1. The molecule has 1 heterocycles. The van der Waals surface area contributed by atoms with Gasteiger partial charge in [0.15, 0.2) is 0 Å². The molecule has 0 spiro atoms. The molecule has 1 N–H and O–H groups in total. The maximum absolute atomic E-state index is 12.8. The highest BCUT2D eigenvalue weighted by Crippen LogP contribution is 2.28. The number of benzene rings is 1. The van der Waals surface area contributed by atoms with Crippen molar-refractivity contribution in [2.45, 2.75) is 44.8 Å². The molecule has 1 aromatic rings. The average Bonchev–Trinajstić information content (AvgIpc) is 2.62. The number of hydrogen-bond donors (Lipinski definition) is 1. The largest absolute Gasteiger partial charge is 0.354 e. The summed E-state index contributed by atoms with van der Waals surface area (Å²) in [5, 5.41) is 2.81. The lowest BCUT2D eigenvalue weighted by Crippen LogP contribution is -2.54. The van der Waals surface area contributed by atoms with Gasteiger partial charge in [-0.3, -0.25) is 9.59 Å². The maximum Gasteiger partial charge on any atom is 0.260 e. The van der Waals surface area contributed by atoms with Crippen molar-refractivity contribution in [1.29, 1.82) is 0 Å². The van der Waals surface area contributed by atoms with E-state index < -0.39 is 5.60 Å². The standard InChI is InChI=1S/C16H21NO3/c1-12(2)20-16(10-6-7-11-17-15(16)19)14(18)13-8-4-3-5-9-13/h3-5,8-9,12H,6-7,10-11H2,1-2H3,(H,17,19). The fourth-order valence-corrected chi connectivity index (χ4v) is 2.56. The summed E-state index contributed by atoms with van der Waals surface area (Å²) in [7, 11) is 0. The predicted molar refractivity (Wildman–Crippen MR) is 76.6 cm³/mol. The molecule has 0 aliphatic carbocycles. The molecule has 1 unspecified atom stereocenters. The van der Waals surface area contributed by atoms with Crippen molar-refractivity contribution in [2.24, 2.45) is 0 Å². The van der Waals surface area contributed by atoms with Crippen LogP contribution in [0.1, 0.15) is 43.5 Å². The summed E-state index contributed by atoms with van der Waals surface area (Å²) in [5.41, 5.74) is -0.864. The summed E-state index contributed by atoms with van der Waals surface area (Å²) in [4.78, 5) is 25.3. The Kier molecular flexibility index (Phi) is 4.55. The second kappa shape index (κ2) is 6.18. The van der Waals surface area contributed by atoms with Gasteiger partial charge in [0.05, 0.1) is 6.10 Å². The first-order chi connectivity index (χ1) is 9.56. The highest BCUT2D eigenvalue weighted by Gasteiger charge is 2.48. The van der Waals surface area contributed by atoms with Crippen LogP contribution in [0, 0.1) is 0 Å². The van der Waals surface area contributed by atoms with Crippen LogP contribution in [0.25, 0.3) is 0 Å². The number of nitrogens with one attached hydrogen (secondary N) is 1. The van der Waals surface area contributed by atoms with Crippen molar-refractivity contribution in [1.82, 2.24) is 5.32 Å². The maximum atomic E-state index is 12.8. The highest BCUT2D eigenvalue weighted by atomic mass is 16.5. The number of amides is 1. The SMILES string of the molecule is CC(C)OC1(C(=O)c2ccccc2)CCCCNC1=O. The summed E-state index contributed by atoms with van der Waals surface area (Å²) in [6, 6.07) is 8.90. The lowest BCUT2D eigenvalue weighted by atomic mass is 9.87. The van der Waals surface area contributed by atoms with Gasteiger partial charge in [-0.1, -0.05) is 30.3 Å². The summed E-state index contributed by atoms with van der Waals surface area (Å²) in [5.74, 6) is -0.552. The number of carbonyl (C=O) groups is 2. The third-order valence-electron chi connectivity index (χ3n) is 3.45. The molecular formula is C16H21NO3. The molecule has 1 aliphatic rings. The first-order valence-corrected chi connectivity index (χ1v) is 7.12. The molecule has 1 saturated heterocycles. The van der Waals surface area contributed by atoms with Crippen LogP contribution in [0.15, 0.2) is 30.3 Å². The van der Waals surface area contributed by atoms with Gasteiger partial charge in [-0.05, 0) is 33.1 Å². The van der Waals surface area contributed by atoms with Crippen LogP contribution in [0.3, 0.4) is 0 Å². The molecule has 0 saturated carbocycles. The summed E-state index contributed by atoms with van der Waals surface area (Å²) in [6.07, 6.45) is 1.91. The molecule has 0 radical (unpaired) electrons. The van der Waals surface area contributed by atoms with E-state index in [4.69, 9.17) is 4.74 Å². The molecule has 1 aromatic carbocycles. The molecule has 1 amide bonds. The lowest BCUT2D eigenvalue weighted by molar-refractivity contribution is -0.145. The van der Waals surface area contributed by atoms with E-state index in [0.29, 0.717) is 18.5 Å². The number of rotatable bonds is 4. The van der Waals surface area contributed by atoms with Gasteiger partial charge >= 0.3 is 0 Å². The van der Waals surface area contributed by atoms with Crippen LogP contribution in [0.5, 0.6) is 0 Å². The molecule has 108 valence electrons. The Labute approximate surface area is 119 Å². The fraction of sp³-hybridized carbons (Fsp3) is 0.500. The molecule has 1 fully saturated rings. The van der Waals surface area contributed by atoms with Crippen molar-refractivity contribution in [3.8, 4) is 0 Å². The molecule has 2 rings (SSSR count). The topological polar surface area (TPSA) is 55.4 Å². The molecule has 0 aromatic heterocycles. The Hall–Kier alpha value is -1.68. The van der Waals surface area contributed by atoms with E-state index >= 15 is 0 Å². The first kappa shape index (κ1) is 14.7. The number of hydrogen-bond acceptors (Lipinski definition) is 3. The first-order valence-electron chi connectivity index (χ1n) is 7.12. The third kappa shape index (κ3) is 2.90. The summed E-state index contributed by atoms with van der Waals surface area (Å²) in [6.45, 7) is 4.29. The predicted octanol–water partition coefficient (Wildman–Crippen LogP) is 2.33. The van der Waals surface area contributed by atoms with E-state index in [2.05, 4.69) is 5.32 Å². The monoisotopic (exact) mass is 275 g/mol. The van der Waals surface area contributed by atoms with E-state index in [9.17, 15) is 9.59 Å². The lowest BCUT2D eigenvalue weighted by Gasteiger charge is -2.31. The van der Waals surface area contributed by atoms with Crippen LogP contribution in [0.2, 0.25) is 0 Å².